The molecule has 1 aliphatic rings. The Morgan fingerprint density at radius 2 is 2.10 bits per heavy atom. The normalized spacial score (nSPS) is 23.1. The number of piperidine rings is 1. The fourth-order valence-electron chi connectivity index (χ4n) is 2.29. The number of hydrogen-bond donors (Lipinski definition) is 1. The van der Waals surface area contributed by atoms with Crippen LogP contribution in [0, 0.1) is 5.92 Å². The standard InChI is InChI=1S/C16H22N2O2/c1-12-9-10-18(11-15(12)17)16(19)8-5-13-3-6-14(20-2)7-4-13/h3-8,12,15H,9-11,17H2,1-2H3. The van der Waals surface area contributed by atoms with Gasteiger partial charge in [-0.25, -0.2) is 0 Å². The monoisotopic (exact) mass is 274 g/mol. The van der Waals surface area contributed by atoms with E-state index in [4.69, 9.17) is 10.5 Å². The summed E-state index contributed by atoms with van der Waals surface area (Å²) >= 11 is 0. The minimum atomic E-state index is 0.0307. The van der Waals surface area contributed by atoms with Crippen LogP contribution in [0.5, 0.6) is 5.75 Å². The number of benzene rings is 1. The topological polar surface area (TPSA) is 55.6 Å². The Morgan fingerprint density at radius 3 is 2.70 bits per heavy atom. The van der Waals surface area contributed by atoms with Crippen molar-refractivity contribution in [1.82, 2.24) is 4.90 Å². The molecular weight excluding hydrogens is 252 g/mol. The summed E-state index contributed by atoms with van der Waals surface area (Å²) in [5.41, 5.74) is 6.99. The maximum Gasteiger partial charge on any atom is 0.246 e. The van der Waals surface area contributed by atoms with Crippen molar-refractivity contribution < 1.29 is 9.53 Å². The van der Waals surface area contributed by atoms with Crippen molar-refractivity contribution in [2.24, 2.45) is 11.7 Å². The van der Waals surface area contributed by atoms with Crippen molar-refractivity contribution >= 4 is 12.0 Å². The van der Waals surface area contributed by atoms with E-state index in [1.165, 1.54) is 0 Å². The molecule has 4 nitrogen and oxygen atoms in total. The first-order valence-corrected chi connectivity index (χ1v) is 6.97. The predicted octanol–water partition coefficient (Wildman–Crippen LogP) is 1.90. The number of carbonyl (C=O) groups is 1. The first-order valence-electron chi connectivity index (χ1n) is 6.97. The molecule has 2 unspecified atom stereocenters. The van der Waals surface area contributed by atoms with E-state index in [-0.39, 0.29) is 11.9 Å². The van der Waals surface area contributed by atoms with Gasteiger partial charge in [0, 0.05) is 25.2 Å². The van der Waals surface area contributed by atoms with Crippen LogP contribution in [0.25, 0.3) is 6.08 Å². The fourth-order valence-corrected chi connectivity index (χ4v) is 2.29. The van der Waals surface area contributed by atoms with Gasteiger partial charge in [0.2, 0.25) is 5.91 Å². The number of nitrogens with two attached hydrogens (primary N) is 1. The van der Waals surface area contributed by atoms with Gasteiger partial charge in [-0.15, -0.1) is 0 Å². The van der Waals surface area contributed by atoms with Gasteiger partial charge in [-0.1, -0.05) is 19.1 Å². The molecule has 1 heterocycles. The van der Waals surface area contributed by atoms with Crippen LogP contribution in [0.4, 0.5) is 0 Å². The Balaban J connectivity index is 1.94. The van der Waals surface area contributed by atoms with Crippen molar-refractivity contribution in [3.05, 3.63) is 35.9 Å². The SMILES string of the molecule is COc1ccc(C=CC(=O)N2CCC(C)C(N)C2)cc1. The Morgan fingerprint density at radius 1 is 1.40 bits per heavy atom. The molecular formula is C16H22N2O2. The number of rotatable bonds is 3. The summed E-state index contributed by atoms with van der Waals surface area (Å²) in [5.74, 6) is 1.33. The van der Waals surface area contributed by atoms with E-state index in [1.807, 2.05) is 35.2 Å². The Bertz CT molecular complexity index is 482. The molecule has 1 amide bonds. The second kappa shape index (κ2) is 6.57. The molecule has 1 fully saturated rings. The van der Waals surface area contributed by atoms with E-state index in [1.54, 1.807) is 13.2 Å². The highest BCUT2D eigenvalue weighted by Gasteiger charge is 2.24. The number of methoxy groups -OCH3 is 1. The zero-order chi connectivity index (χ0) is 14.5. The molecule has 4 heteroatoms. The van der Waals surface area contributed by atoms with Gasteiger partial charge < -0.3 is 15.4 Å². The molecule has 108 valence electrons. The van der Waals surface area contributed by atoms with E-state index in [0.717, 1.165) is 24.3 Å². The Labute approximate surface area is 120 Å². The van der Waals surface area contributed by atoms with Gasteiger partial charge in [0.1, 0.15) is 5.75 Å². The predicted molar refractivity (Wildman–Crippen MR) is 80.4 cm³/mol. The lowest BCUT2D eigenvalue weighted by atomic mass is 9.94. The van der Waals surface area contributed by atoms with E-state index in [2.05, 4.69) is 6.92 Å². The summed E-state index contributed by atoms with van der Waals surface area (Å²) < 4.78 is 5.10. The summed E-state index contributed by atoms with van der Waals surface area (Å²) in [6, 6.07) is 7.69. The lowest BCUT2D eigenvalue weighted by Crippen LogP contribution is -2.49. The summed E-state index contributed by atoms with van der Waals surface area (Å²) in [7, 11) is 1.63. The summed E-state index contributed by atoms with van der Waals surface area (Å²) in [5, 5.41) is 0. The van der Waals surface area contributed by atoms with Crippen LogP contribution in [0.2, 0.25) is 0 Å². The van der Waals surface area contributed by atoms with Crippen molar-refractivity contribution in [1.29, 1.82) is 0 Å². The largest absolute Gasteiger partial charge is 0.497 e. The highest BCUT2D eigenvalue weighted by molar-refractivity contribution is 5.91. The third-order valence-corrected chi connectivity index (χ3v) is 3.86. The van der Waals surface area contributed by atoms with Crippen molar-refractivity contribution in [3.63, 3.8) is 0 Å². The molecule has 2 N–H and O–H groups in total. The molecule has 2 rings (SSSR count). The van der Waals surface area contributed by atoms with Gasteiger partial charge >= 0.3 is 0 Å². The van der Waals surface area contributed by atoms with E-state index in [0.29, 0.717) is 12.5 Å². The average Bonchev–Trinajstić information content (AvgIpc) is 2.48. The highest BCUT2D eigenvalue weighted by atomic mass is 16.5. The lowest BCUT2D eigenvalue weighted by Gasteiger charge is -2.34. The van der Waals surface area contributed by atoms with Crippen LogP contribution >= 0.6 is 0 Å². The average molecular weight is 274 g/mol. The molecule has 20 heavy (non-hydrogen) atoms. The number of carbonyl (C=O) groups excluding carboxylic acids is 1. The Hall–Kier alpha value is -1.81. The zero-order valence-electron chi connectivity index (χ0n) is 12.1. The number of nitrogens with zero attached hydrogens (tertiary/aromatic N) is 1. The molecule has 0 saturated carbocycles. The summed E-state index contributed by atoms with van der Waals surface area (Å²) in [6.07, 6.45) is 4.42. The number of amides is 1. The molecule has 2 atom stereocenters. The van der Waals surface area contributed by atoms with Gasteiger partial charge in [0.25, 0.3) is 0 Å². The zero-order valence-corrected chi connectivity index (χ0v) is 12.1. The second-order valence-electron chi connectivity index (χ2n) is 5.32. The summed E-state index contributed by atoms with van der Waals surface area (Å²) in [4.78, 5) is 13.9. The first kappa shape index (κ1) is 14.6. The molecule has 1 aromatic rings. The molecule has 1 saturated heterocycles. The van der Waals surface area contributed by atoms with Gasteiger partial charge in [0.15, 0.2) is 0 Å². The molecule has 0 aliphatic carbocycles. The first-order chi connectivity index (χ1) is 9.60. The molecule has 0 spiro atoms. The molecule has 0 radical (unpaired) electrons. The highest BCUT2D eigenvalue weighted by Crippen LogP contribution is 2.16. The Kier molecular flexibility index (Phi) is 4.79. The van der Waals surface area contributed by atoms with Crippen LogP contribution < -0.4 is 10.5 Å². The fraction of sp³-hybridized carbons (Fsp3) is 0.438. The van der Waals surface area contributed by atoms with E-state index < -0.39 is 0 Å². The maximum absolute atomic E-state index is 12.1. The van der Waals surface area contributed by atoms with Crippen molar-refractivity contribution in [3.8, 4) is 5.75 Å². The third kappa shape index (κ3) is 3.61. The molecule has 1 aliphatic heterocycles. The van der Waals surface area contributed by atoms with Crippen LogP contribution in [-0.2, 0) is 4.79 Å². The van der Waals surface area contributed by atoms with Gasteiger partial charge in [-0.05, 0) is 36.1 Å². The maximum atomic E-state index is 12.1. The molecule has 1 aromatic carbocycles. The summed E-state index contributed by atoms with van der Waals surface area (Å²) in [6.45, 7) is 3.58. The minimum absolute atomic E-state index is 0.0307. The molecule has 0 bridgehead atoms. The van der Waals surface area contributed by atoms with Crippen LogP contribution in [0.1, 0.15) is 18.9 Å². The minimum Gasteiger partial charge on any atom is -0.497 e. The van der Waals surface area contributed by atoms with Crippen LogP contribution in [0.3, 0.4) is 0 Å². The number of likely N-dealkylation sites (tertiary alicyclic amines) is 1. The second-order valence-corrected chi connectivity index (χ2v) is 5.32. The smallest absolute Gasteiger partial charge is 0.246 e. The van der Waals surface area contributed by atoms with E-state index >= 15 is 0 Å². The number of hydrogen-bond acceptors (Lipinski definition) is 3. The van der Waals surface area contributed by atoms with Gasteiger partial charge in [0.05, 0.1) is 7.11 Å². The van der Waals surface area contributed by atoms with Crippen LogP contribution in [0.15, 0.2) is 30.3 Å². The van der Waals surface area contributed by atoms with Crippen LogP contribution in [-0.4, -0.2) is 37.0 Å². The molecule has 0 aromatic heterocycles. The van der Waals surface area contributed by atoms with Crippen molar-refractivity contribution in [2.45, 2.75) is 19.4 Å². The van der Waals surface area contributed by atoms with Gasteiger partial charge in [-0.2, -0.15) is 0 Å². The quantitative estimate of drug-likeness (QED) is 0.857. The van der Waals surface area contributed by atoms with Gasteiger partial charge in [-0.3, -0.25) is 4.79 Å². The third-order valence-electron chi connectivity index (χ3n) is 3.86. The number of ether oxygens (including phenoxy) is 1. The van der Waals surface area contributed by atoms with E-state index in [9.17, 15) is 4.79 Å². The lowest BCUT2D eigenvalue weighted by molar-refractivity contribution is -0.127. The van der Waals surface area contributed by atoms with Crippen molar-refractivity contribution in [2.75, 3.05) is 20.2 Å².